The van der Waals surface area contributed by atoms with E-state index in [0.717, 1.165) is 5.76 Å². The third kappa shape index (κ3) is 3.35. The van der Waals surface area contributed by atoms with Crippen LogP contribution in [0.15, 0.2) is 34.7 Å². The Morgan fingerprint density at radius 3 is 2.68 bits per heavy atom. The van der Waals surface area contributed by atoms with Crippen molar-refractivity contribution >= 4 is 0 Å². The van der Waals surface area contributed by atoms with Crippen molar-refractivity contribution in [2.75, 3.05) is 7.11 Å². The smallest absolute Gasteiger partial charge is 0.165 e. The average molecular weight is 263 g/mol. The Morgan fingerprint density at radius 2 is 2.05 bits per heavy atom. The summed E-state index contributed by atoms with van der Waals surface area (Å²) in [6.07, 6.45) is 0. The van der Waals surface area contributed by atoms with E-state index in [1.54, 1.807) is 12.1 Å². The highest BCUT2D eigenvalue weighted by Gasteiger charge is 2.09. The lowest BCUT2D eigenvalue weighted by Gasteiger charge is -2.05. The normalized spacial score (nSPS) is 11.0. The van der Waals surface area contributed by atoms with Crippen LogP contribution in [0.3, 0.4) is 0 Å². The zero-order valence-electron chi connectivity index (χ0n) is 11.4. The van der Waals surface area contributed by atoms with Crippen LogP contribution >= 0.6 is 0 Å². The molecule has 2 aromatic rings. The Morgan fingerprint density at radius 1 is 1.26 bits per heavy atom. The number of rotatable bonds is 5. The van der Waals surface area contributed by atoms with Gasteiger partial charge in [0.2, 0.25) is 0 Å². The molecule has 1 heterocycles. The van der Waals surface area contributed by atoms with Crippen molar-refractivity contribution in [1.82, 2.24) is 5.32 Å². The molecule has 0 amide bonds. The minimum Gasteiger partial charge on any atom is -0.494 e. The Hall–Kier alpha value is -1.81. The van der Waals surface area contributed by atoms with Crippen molar-refractivity contribution in [1.29, 1.82) is 0 Å². The summed E-state index contributed by atoms with van der Waals surface area (Å²) in [6, 6.07) is 8.93. The van der Waals surface area contributed by atoms with Crippen molar-refractivity contribution < 1.29 is 13.5 Å². The van der Waals surface area contributed by atoms with Gasteiger partial charge in [0.25, 0.3) is 0 Å². The molecule has 0 spiro atoms. The van der Waals surface area contributed by atoms with E-state index in [1.165, 1.54) is 13.2 Å². The lowest BCUT2D eigenvalue weighted by atomic mass is 10.1. The standard InChI is InChI=1S/C15H18FNO2/c1-10(2)17-9-12-5-7-14(19-12)11-4-6-15(18-3)13(16)8-11/h4-8,10,17H,9H2,1-3H3. The summed E-state index contributed by atoms with van der Waals surface area (Å²) < 4.78 is 24.2. The van der Waals surface area contributed by atoms with Crippen LogP contribution in [-0.4, -0.2) is 13.2 Å². The second-order valence-corrected chi connectivity index (χ2v) is 4.65. The molecular formula is C15H18FNO2. The number of hydrogen-bond acceptors (Lipinski definition) is 3. The Bertz CT molecular complexity index is 549. The van der Waals surface area contributed by atoms with Crippen LogP contribution in [0.4, 0.5) is 4.39 Å². The molecule has 0 unspecified atom stereocenters. The number of nitrogens with one attached hydrogen (secondary N) is 1. The SMILES string of the molecule is COc1ccc(-c2ccc(CNC(C)C)o2)cc1F. The highest BCUT2D eigenvalue weighted by Crippen LogP contribution is 2.27. The maximum absolute atomic E-state index is 13.6. The third-order valence-corrected chi connectivity index (χ3v) is 2.78. The van der Waals surface area contributed by atoms with Crippen LogP contribution in [0.2, 0.25) is 0 Å². The van der Waals surface area contributed by atoms with E-state index in [2.05, 4.69) is 19.2 Å². The molecule has 0 saturated carbocycles. The van der Waals surface area contributed by atoms with E-state index in [-0.39, 0.29) is 5.75 Å². The second kappa shape index (κ2) is 5.89. The van der Waals surface area contributed by atoms with E-state index in [4.69, 9.17) is 9.15 Å². The fraction of sp³-hybridized carbons (Fsp3) is 0.333. The number of ether oxygens (including phenoxy) is 1. The third-order valence-electron chi connectivity index (χ3n) is 2.78. The van der Waals surface area contributed by atoms with Gasteiger partial charge in [-0.05, 0) is 30.3 Å². The zero-order chi connectivity index (χ0) is 13.8. The molecule has 0 aliphatic rings. The average Bonchev–Trinajstić information content (AvgIpc) is 2.85. The van der Waals surface area contributed by atoms with Gasteiger partial charge in [-0.1, -0.05) is 13.8 Å². The first-order valence-electron chi connectivity index (χ1n) is 6.26. The molecular weight excluding hydrogens is 245 g/mol. The van der Waals surface area contributed by atoms with Gasteiger partial charge in [0.05, 0.1) is 13.7 Å². The van der Waals surface area contributed by atoms with Gasteiger partial charge in [0.1, 0.15) is 11.5 Å². The predicted molar refractivity (Wildman–Crippen MR) is 72.6 cm³/mol. The molecule has 1 aromatic heterocycles. The number of halogens is 1. The van der Waals surface area contributed by atoms with Gasteiger partial charge in [-0.15, -0.1) is 0 Å². The summed E-state index contributed by atoms with van der Waals surface area (Å²) in [5, 5.41) is 3.27. The number of benzene rings is 1. The summed E-state index contributed by atoms with van der Waals surface area (Å²) in [5.41, 5.74) is 0.703. The Kier molecular flexibility index (Phi) is 4.22. The van der Waals surface area contributed by atoms with Crippen molar-refractivity contribution in [3.8, 4) is 17.1 Å². The number of hydrogen-bond donors (Lipinski definition) is 1. The van der Waals surface area contributed by atoms with E-state index in [1.807, 2.05) is 12.1 Å². The maximum Gasteiger partial charge on any atom is 0.165 e. The molecule has 1 aromatic carbocycles. The zero-order valence-corrected chi connectivity index (χ0v) is 11.4. The van der Waals surface area contributed by atoms with Gasteiger partial charge < -0.3 is 14.5 Å². The van der Waals surface area contributed by atoms with Crippen molar-refractivity contribution in [3.63, 3.8) is 0 Å². The van der Waals surface area contributed by atoms with Gasteiger partial charge in [0.15, 0.2) is 11.6 Å². The molecule has 2 rings (SSSR count). The fourth-order valence-electron chi connectivity index (χ4n) is 1.75. The van der Waals surface area contributed by atoms with Crippen molar-refractivity contribution in [2.45, 2.75) is 26.4 Å². The van der Waals surface area contributed by atoms with Gasteiger partial charge in [-0.25, -0.2) is 4.39 Å². The van der Waals surface area contributed by atoms with Gasteiger partial charge in [-0.2, -0.15) is 0 Å². The van der Waals surface area contributed by atoms with E-state index < -0.39 is 5.82 Å². The Balaban J connectivity index is 2.16. The largest absolute Gasteiger partial charge is 0.494 e. The molecule has 0 aliphatic heterocycles. The minimum atomic E-state index is -0.391. The molecule has 0 saturated heterocycles. The molecule has 3 nitrogen and oxygen atoms in total. The highest BCUT2D eigenvalue weighted by molar-refractivity contribution is 5.59. The molecule has 102 valence electrons. The van der Waals surface area contributed by atoms with Crippen LogP contribution in [0.5, 0.6) is 5.75 Å². The monoisotopic (exact) mass is 263 g/mol. The summed E-state index contributed by atoms with van der Waals surface area (Å²) >= 11 is 0. The molecule has 19 heavy (non-hydrogen) atoms. The summed E-state index contributed by atoms with van der Waals surface area (Å²) in [4.78, 5) is 0. The number of methoxy groups -OCH3 is 1. The first-order valence-corrected chi connectivity index (χ1v) is 6.26. The van der Waals surface area contributed by atoms with Crippen LogP contribution in [0.1, 0.15) is 19.6 Å². The topological polar surface area (TPSA) is 34.4 Å². The molecule has 0 atom stereocenters. The lowest BCUT2D eigenvalue weighted by Crippen LogP contribution is -2.21. The quantitative estimate of drug-likeness (QED) is 0.895. The van der Waals surface area contributed by atoms with Gasteiger partial charge in [0, 0.05) is 11.6 Å². The molecule has 0 aliphatic carbocycles. The first-order chi connectivity index (χ1) is 9.10. The van der Waals surface area contributed by atoms with Crippen molar-refractivity contribution in [3.05, 3.63) is 41.9 Å². The van der Waals surface area contributed by atoms with E-state index in [9.17, 15) is 4.39 Å². The molecule has 1 N–H and O–H groups in total. The van der Waals surface area contributed by atoms with Crippen LogP contribution in [-0.2, 0) is 6.54 Å². The fourth-order valence-corrected chi connectivity index (χ4v) is 1.75. The molecule has 4 heteroatoms. The minimum absolute atomic E-state index is 0.233. The summed E-state index contributed by atoms with van der Waals surface area (Å²) in [5.74, 6) is 1.33. The predicted octanol–water partition coefficient (Wildman–Crippen LogP) is 3.59. The maximum atomic E-state index is 13.6. The van der Waals surface area contributed by atoms with E-state index in [0.29, 0.717) is 23.9 Å². The summed E-state index contributed by atoms with van der Waals surface area (Å²) in [6.45, 7) is 4.81. The van der Waals surface area contributed by atoms with E-state index >= 15 is 0 Å². The molecule has 0 bridgehead atoms. The van der Waals surface area contributed by atoms with Gasteiger partial charge >= 0.3 is 0 Å². The molecule has 0 radical (unpaired) electrons. The van der Waals surface area contributed by atoms with Crippen LogP contribution < -0.4 is 10.1 Å². The lowest BCUT2D eigenvalue weighted by molar-refractivity contribution is 0.386. The van der Waals surface area contributed by atoms with Crippen molar-refractivity contribution in [2.24, 2.45) is 0 Å². The van der Waals surface area contributed by atoms with Crippen LogP contribution in [0.25, 0.3) is 11.3 Å². The second-order valence-electron chi connectivity index (χ2n) is 4.65. The Labute approximate surface area is 112 Å². The first kappa shape index (κ1) is 13.6. The summed E-state index contributed by atoms with van der Waals surface area (Å²) in [7, 11) is 1.45. The van der Waals surface area contributed by atoms with Crippen LogP contribution in [0, 0.1) is 5.82 Å². The van der Waals surface area contributed by atoms with Gasteiger partial charge in [-0.3, -0.25) is 0 Å². The molecule has 0 fully saturated rings. The highest BCUT2D eigenvalue weighted by atomic mass is 19.1. The number of furan rings is 1.